The van der Waals surface area contributed by atoms with Gasteiger partial charge in [-0.3, -0.25) is 0 Å². The fraction of sp³-hybridized carbons (Fsp3) is 0.125. The smallest absolute Gasteiger partial charge is 0.0909 e. The van der Waals surface area contributed by atoms with Crippen LogP contribution in [0.3, 0.4) is 0 Å². The average Bonchev–Trinajstić information content (AvgIpc) is 2.38. The Morgan fingerprint density at radius 3 is 2.33 bits per heavy atom. The minimum absolute atomic E-state index is 1.06. The number of hydrogen-bond donors (Lipinski definition) is 0. The summed E-state index contributed by atoms with van der Waals surface area (Å²) in [6.07, 6.45) is 1.78. The molecule has 92 valence electrons. The molecule has 2 aromatic rings. The number of halogens is 1. The molecule has 0 N–H and O–H groups in total. The first kappa shape index (κ1) is 12.9. The van der Waals surface area contributed by atoms with Gasteiger partial charge in [0, 0.05) is 10.0 Å². The fourth-order valence-electron chi connectivity index (χ4n) is 1.82. The SMILES string of the molecule is CO/C=C(\c1ccc(C)cc1)c1ccccc1Br. The first-order valence-electron chi connectivity index (χ1n) is 5.77. The summed E-state index contributed by atoms with van der Waals surface area (Å²) in [5.74, 6) is 0. The van der Waals surface area contributed by atoms with Gasteiger partial charge in [0.05, 0.1) is 13.4 Å². The highest BCUT2D eigenvalue weighted by atomic mass is 79.9. The Hall–Kier alpha value is -1.54. The molecule has 2 heteroatoms. The molecule has 0 aromatic heterocycles. The van der Waals surface area contributed by atoms with E-state index in [0.717, 1.165) is 21.2 Å². The van der Waals surface area contributed by atoms with Crippen LogP contribution in [-0.4, -0.2) is 7.11 Å². The summed E-state index contributed by atoms with van der Waals surface area (Å²) in [5, 5.41) is 0. The molecule has 0 amide bonds. The molecule has 0 unspecified atom stereocenters. The van der Waals surface area contributed by atoms with Crippen molar-refractivity contribution in [3.05, 3.63) is 76.0 Å². The molecule has 0 saturated carbocycles. The quantitative estimate of drug-likeness (QED) is 0.741. The van der Waals surface area contributed by atoms with Crippen LogP contribution in [0, 0.1) is 6.92 Å². The second-order valence-electron chi connectivity index (χ2n) is 4.11. The number of benzene rings is 2. The van der Waals surface area contributed by atoms with E-state index >= 15 is 0 Å². The highest BCUT2D eigenvalue weighted by Gasteiger charge is 2.08. The van der Waals surface area contributed by atoms with Crippen LogP contribution >= 0.6 is 15.9 Å². The lowest BCUT2D eigenvalue weighted by Crippen LogP contribution is -1.90. The average molecular weight is 303 g/mol. The molecule has 0 fully saturated rings. The number of methoxy groups -OCH3 is 1. The van der Waals surface area contributed by atoms with Crippen LogP contribution in [0.5, 0.6) is 0 Å². The van der Waals surface area contributed by atoms with Gasteiger partial charge in [0.1, 0.15) is 0 Å². The van der Waals surface area contributed by atoms with Crippen LogP contribution in [0.15, 0.2) is 59.3 Å². The van der Waals surface area contributed by atoms with Gasteiger partial charge in [-0.25, -0.2) is 0 Å². The summed E-state index contributed by atoms with van der Waals surface area (Å²) in [4.78, 5) is 0. The third kappa shape index (κ3) is 2.82. The third-order valence-corrected chi connectivity index (χ3v) is 3.45. The van der Waals surface area contributed by atoms with E-state index in [-0.39, 0.29) is 0 Å². The predicted octanol–water partition coefficient (Wildman–Crippen LogP) is 4.79. The lowest BCUT2D eigenvalue weighted by atomic mass is 9.98. The normalized spacial score (nSPS) is 11.4. The van der Waals surface area contributed by atoms with Crippen LogP contribution < -0.4 is 0 Å². The number of ether oxygens (including phenoxy) is 1. The summed E-state index contributed by atoms with van der Waals surface area (Å²) in [7, 11) is 1.67. The second kappa shape index (κ2) is 5.87. The summed E-state index contributed by atoms with van der Waals surface area (Å²) in [5.41, 5.74) is 4.60. The molecule has 2 aromatic carbocycles. The summed E-state index contributed by atoms with van der Waals surface area (Å²) >= 11 is 3.58. The van der Waals surface area contributed by atoms with E-state index < -0.39 is 0 Å². The van der Waals surface area contributed by atoms with Crippen molar-refractivity contribution in [2.45, 2.75) is 6.92 Å². The largest absolute Gasteiger partial charge is 0.504 e. The maximum Gasteiger partial charge on any atom is 0.0909 e. The fourth-order valence-corrected chi connectivity index (χ4v) is 2.32. The van der Waals surface area contributed by atoms with Crippen molar-refractivity contribution in [2.75, 3.05) is 7.11 Å². The minimum atomic E-state index is 1.06. The van der Waals surface area contributed by atoms with Crippen molar-refractivity contribution in [2.24, 2.45) is 0 Å². The zero-order chi connectivity index (χ0) is 13.0. The highest BCUT2D eigenvalue weighted by Crippen LogP contribution is 2.29. The number of aryl methyl sites for hydroxylation is 1. The van der Waals surface area contributed by atoms with E-state index in [1.54, 1.807) is 13.4 Å². The lowest BCUT2D eigenvalue weighted by molar-refractivity contribution is 0.340. The van der Waals surface area contributed by atoms with E-state index in [0.29, 0.717) is 0 Å². The van der Waals surface area contributed by atoms with E-state index in [9.17, 15) is 0 Å². The molecule has 0 atom stereocenters. The van der Waals surface area contributed by atoms with Crippen molar-refractivity contribution in [3.8, 4) is 0 Å². The van der Waals surface area contributed by atoms with Crippen molar-refractivity contribution >= 4 is 21.5 Å². The Morgan fingerprint density at radius 1 is 1.06 bits per heavy atom. The molecular weight excluding hydrogens is 288 g/mol. The van der Waals surface area contributed by atoms with Crippen LogP contribution in [-0.2, 0) is 4.74 Å². The van der Waals surface area contributed by atoms with Crippen molar-refractivity contribution < 1.29 is 4.74 Å². The molecular formula is C16H15BrO. The first-order chi connectivity index (χ1) is 8.72. The summed E-state index contributed by atoms with van der Waals surface area (Å²) in [6.45, 7) is 2.09. The summed E-state index contributed by atoms with van der Waals surface area (Å²) in [6, 6.07) is 16.6. The molecule has 0 saturated heterocycles. The van der Waals surface area contributed by atoms with Gasteiger partial charge in [0.15, 0.2) is 0 Å². The van der Waals surface area contributed by atoms with E-state index in [2.05, 4.69) is 53.2 Å². The van der Waals surface area contributed by atoms with Gasteiger partial charge in [-0.1, -0.05) is 64.0 Å². The Morgan fingerprint density at radius 2 is 1.72 bits per heavy atom. The lowest BCUT2D eigenvalue weighted by Gasteiger charge is -2.10. The predicted molar refractivity (Wildman–Crippen MR) is 79.4 cm³/mol. The van der Waals surface area contributed by atoms with Gasteiger partial charge in [0.2, 0.25) is 0 Å². The molecule has 0 radical (unpaired) electrons. The van der Waals surface area contributed by atoms with E-state index in [1.807, 2.05) is 18.2 Å². The molecule has 0 aliphatic carbocycles. The Labute approximate surface area is 116 Å². The molecule has 2 rings (SSSR count). The molecule has 0 spiro atoms. The Kier molecular flexibility index (Phi) is 4.21. The number of hydrogen-bond acceptors (Lipinski definition) is 1. The van der Waals surface area contributed by atoms with Gasteiger partial charge in [0.25, 0.3) is 0 Å². The van der Waals surface area contributed by atoms with Crippen molar-refractivity contribution in [1.82, 2.24) is 0 Å². The van der Waals surface area contributed by atoms with Crippen molar-refractivity contribution in [3.63, 3.8) is 0 Å². The summed E-state index contributed by atoms with van der Waals surface area (Å²) < 4.78 is 6.28. The van der Waals surface area contributed by atoms with Crippen LogP contribution in [0.1, 0.15) is 16.7 Å². The second-order valence-corrected chi connectivity index (χ2v) is 4.97. The molecule has 1 nitrogen and oxygen atoms in total. The molecule has 0 aliphatic rings. The molecule has 0 aliphatic heterocycles. The van der Waals surface area contributed by atoms with E-state index in [1.165, 1.54) is 5.56 Å². The third-order valence-electron chi connectivity index (χ3n) is 2.76. The number of rotatable bonds is 3. The van der Waals surface area contributed by atoms with Crippen LogP contribution in [0.25, 0.3) is 5.57 Å². The van der Waals surface area contributed by atoms with Crippen LogP contribution in [0.4, 0.5) is 0 Å². The van der Waals surface area contributed by atoms with Gasteiger partial charge in [-0.2, -0.15) is 0 Å². The van der Waals surface area contributed by atoms with Gasteiger partial charge in [-0.15, -0.1) is 0 Å². The maximum atomic E-state index is 5.22. The molecule has 0 bridgehead atoms. The zero-order valence-electron chi connectivity index (χ0n) is 10.5. The van der Waals surface area contributed by atoms with Gasteiger partial charge < -0.3 is 4.74 Å². The Bertz CT molecular complexity index is 556. The maximum absolute atomic E-state index is 5.22. The molecule has 0 heterocycles. The van der Waals surface area contributed by atoms with Gasteiger partial charge in [-0.05, 0) is 24.1 Å². The standard InChI is InChI=1S/C16H15BrO/c1-12-7-9-13(10-8-12)15(11-18-2)14-5-3-4-6-16(14)17/h3-11H,1-2H3/b15-11+. The zero-order valence-corrected chi connectivity index (χ0v) is 12.1. The Balaban J connectivity index is 2.51. The molecule has 18 heavy (non-hydrogen) atoms. The topological polar surface area (TPSA) is 9.23 Å². The minimum Gasteiger partial charge on any atom is -0.504 e. The first-order valence-corrected chi connectivity index (χ1v) is 6.56. The monoisotopic (exact) mass is 302 g/mol. The van der Waals surface area contributed by atoms with Gasteiger partial charge >= 0.3 is 0 Å². The van der Waals surface area contributed by atoms with Crippen molar-refractivity contribution in [1.29, 1.82) is 0 Å². The van der Waals surface area contributed by atoms with E-state index in [4.69, 9.17) is 4.74 Å². The highest BCUT2D eigenvalue weighted by molar-refractivity contribution is 9.10. The van der Waals surface area contributed by atoms with Crippen LogP contribution in [0.2, 0.25) is 0 Å².